The molecule has 0 aromatic carbocycles. The number of esters is 1. The van der Waals surface area contributed by atoms with Crippen molar-refractivity contribution in [1.82, 2.24) is 15.0 Å². The number of aromatic nitrogens is 3. The van der Waals surface area contributed by atoms with Crippen molar-refractivity contribution < 1.29 is 9.53 Å². The molecule has 0 bridgehead atoms. The van der Waals surface area contributed by atoms with E-state index in [2.05, 4.69) is 10.3 Å². The molecule has 2 N–H and O–H groups in total. The van der Waals surface area contributed by atoms with Gasteiger partial charge >= 0.3 is 5.97 Å². The van der Waals surface area contributed by atoms with Crippen molar-refractivity contribution >= 4 is 5.97 Å². The van der Waals surface area contributed by atoms with Gasteiger partial charge < -0.3 is 10.5 Å². The molecule has 0 aliphatic carbocycles. The van der Waals surface area contributed by atoms with Crippen molar-refractivity contribution in [3.05, 3.63) is 11.9 Å². The molecule has 6 nitrogen and oxygen atoms in total. The van der Waals surface area contributed by atoms with Crippen LogP contribution in [-0.2, 0) is 11.3 Å². The van der Waals surface area contributed by atoms with E-state index in [1.807, 2.05) is 20.8 Å². The Balaban J connectivity index is 2.59. The van der Waals surface area contributed by atoms with Crippen LogP contribution in [0, 0.1) is 5.92 Å². The molecule has 6 heteroatoms. The maximum atomic E-state index is 11.6. The molecule has 0 saturated carbocycles. The number of hydrogen-bond donors (Lipinski definition) is 1. The predicted molar refractivity (Wildman–Crippen MR) is 58.8 cm³/mol. The molecule has 0 fully saturated rings. The zero-order valence-electron chi connectivity index (χ0n) is 9.88. The van der Waals surface area contributed by atoms with Gasteiger partial charge in [-0.1, -0.05) is 19.1 Å². The minimum atomic E-state index is -0.440. The van der Waals surface area contributed by atoms with Crippen LogP contribution in [0.15, 0.2) is 6.20 Å². The van der Waals surface area contributed by atoms with Gasteiger partial charge in [0, 0.05) is 6.54 Å². The molecule has 90 valence electrons. The predicted octanol–water partition coefficient (Wildman–Crippen LogP) is 0.438. The summed E-state index contributed by atoms with van der Waals surface area (Å²) in [5.41, 5.74) is 5.58. The Labute approximate surface area is 94.8 Å². The Bertz CT molecular complexity index is 348. The average molecular weight is 226 g/mol. The number of nitrogens with zero attached hydrogens (tertiary/aromatic N) is 3. The van der Waals surface area contributed by atoms with E-state index in [1.54, 1.807) is 6.20 Å². The number of carbonyl (C=O) groups excluding carboxylic acids is 1. The fraction of sp³-hybridized carbons (Fsp3) is 0.700. The van der Waals surface area contributed by atoms with Gasteiger partial charge in [0.15, 0.2) is 5.69 Å². The summed E-state index contributed by atoms with van der Waals surface area (Å²) in [4.78, 5) is 11.6. The lowest BCUT2D eigenvalue weighted by Crippen LogP contribution is -2.20. The van der Waals surface area contributed by atoms with Crippen LogP contribution in [0.2, 0.25) is 0 Å². The third-order valence-corrected chi connectivity index (χ3v) is 2.34. The Morgan fingerprint density at radius 3 is 2.81 bits per heavy atom. The topological polar surface area (TPSA) is 83.0 Å². The summed E-state index contributed by atoms with van der Waals surface area (Å²) >= 11 is 0. The monoisotopic (exact) mass is 226 g/mol. The highest BCUT2D eigenvalue weighted by Gasteiger charge is 2.17. The van der Waals surface area contributed by atoms with E-state index in [0.717, 1.165) is 0 Å². The van der Waals surface area contributed by atoms with Gasteiger partial charge in [0.2, 0.25) is 0 Å². The van der Waals surface area contributed by atoms with Crippen LogP contribution in [0.25, 0.3) is 0 Å². The van der Waals surface area contributed by atoms with E-state index in [-0.39, 0.29) is 17.7 Å². The summed E-state index contributed by atoms with van der Waals surface area (Å²) < 4.78 is 6.73. The second kappa shape index (κ2) is 5.60. The van der Waals surface area contributed by atoms with Crippen LogP contribution in [0.1, 0.15) is 31.3 Å². The number of rotatable bonds is 5. The van der Waals surface area contributed by atoms with E-state index in [9.17, 15) is 4.79 Å². The van der Waals surface area contributed by atoms with Crippen molar-refractivity contribution in [2.75, 3.05) is 6.54 Å². The third-order valence-electron chi connectivity index (χ3n) is 2.34. The summed E-state index contributed by atoms with van der Waals surface area (Å²) in [5, 5.41) is 7.49. The fourth-order valence-electron chi connectivity index (χ4n) is 0.999. The molecule has 0 aliphatic heterocycles. The second-order valence-electron chi connectivity index (χ2n) is 4.01. The molecule has 1 rings (SSSR count). The smallest absolute Gasteiger partial charge is 0.360 e. The second-order valence-corrected chi connectivity index (χ2v) is 4.01. The summed E-state index contributed by atoms with van der Waals surface area (Å²) in [6.07, 6.45) is 1.41. The maximum absolute atomic E-state index is 11.6. The maximum Gasteiger partial charge on any atom is 0.360 e. The molecule has 1 aromatic heterocycles. The zero-order chi connectivity index (χ0) is 12.1. The van der Waals surface area contributed by atoms with E-state index in [1.165, 1.54) is 4.68 Å². The highest BCUT2D eigenvalue weighted by Crippen LogP contribution is 2.08. The van der Waals surface area contributed by atoms with Gasteiger partial charge in [-0.05, 0) is 12.8 Å². The van der Waals surface area contributed by atoms with Gasteiger partial charge in [-0.2, -0.15) is 0 Å². The van der Waals surface area contributed by atoms with E-state index >= 15 is 0 Å². The molecule has 0 amide bonds. The number of nitrogens with two attached hydrogens (primary N) is 1. The van der Waals surface area contributed by atoms with Crippen molar-refractivity contribution in [1.29, 1.82) is 0 Å². The molecule has 0 radical (unpaired) electrons. The molecule has 1 unspecified atom stereocenters. The van der Waals surface area contributed by atoms with Gasteiger partial charge in [0.05, 0.1) is 12.7 Å². The molecule has 16 heavy (non-hydrogen) atoms. The van der Waals surface area contributed by atoms with E-state index in [0.29, 0.717) is 13.1 Å². The summed E-state index contributed by atoms with van der Waals surface area (Å²) in [7, 11) is 0. The molecule has 0 spiro atoms. The first-order valence-corrected chi connectivity index (χ1v) is 5.35. The molecule has 1 heterocycles. The Morgan fingerprint density at radius 1 is 1.56 bits per heavy atom. The van der Waals surface area contributed by atoms with Gasteiger partial charge in [0.25, 0.3) is 0 Å². The lowest BCUT2D eigenvalue weighted by molar-refractivity contribution is 0.0231. The van der Waals surface area contributed by atoms with Crippen molar-refractivity contribution in [2.24, 2.45) is 11.7 Å². The molecule has 1 aromatic rings. The minimum absolute atomic E-state index is 0.132. The van der Waals surface area contributed by atoms with Crippen LogP contribution >= 0.6 is 0 Å². The number of ether oxygens (including phenoxy) is 1. The summed E-state index contributed by atoms with van der Waals surface area (Å²) in [5.74, 6) is -0.160. The van der Waals surface area contributed by atoms with Crippen LogP contribution in [0.5, 0.6) is 0 Å². The van der Waals surface area contributed by atoms with Gasteiger partial charge in [0.1, 0.15) is 6.10 Å². The van der Waals surface area contributed by atoms with Crippen molar-refractivity contribution in [3.8, 4) is 0 Å². The third kappa shape index (κ3) is 3.30. The normalized spacial score (nSPS) is 12.8. The largest absolute Gasteiger partial charge is 0.458 e. The molecular formula is C10H18N4O2. The quantitative estimate of drug-likeness (QED) is 0.736. The minimum Gasteiger partial charge on any atom is -0.458 e. The first-order chi connectivity index (χ1) is 7.54. The SMILES string of the molecule is CC(C)C(C)OC(=O)c1cn(CCN)nn1. The van der Waals surface area contributed by atoms with E-state index in [4.69, 9.17) is 10.5 Å². The summed E-state index contributed by atoms with van der Waals surface area (Å²) in [6, 6.07) is 0. The molecule has 0 saturated heterocycles. The van der Waals surface area contributed by atoms with Gasteiger partial charge in [-0.25, -0.2) is 4.79 Å². The Kier molecular flexibility index (Phi) is 4.42. The van der Waals surface area contributed by atoms with Gasteiger partial charge in [-0.15, -0.1) is 5.10 Å². The number of hydrogen-bond acceptors (Lipinski definition) is 5. The Hall–Kier alpha value is -1.43. The molecule has 1 atom stereocenters. The zero-order valence-corrected chi connectivity index (χ0v) is 9.88. The highest BCUT2D eigenvalue weighted by molar-refractivity contribution is 5.86. The molecular weight excluding hydrogens is 208 g/mol. The lowest BCUT2D eigenvalue weighted by atomic mass is 10.1. The number of carbonyl (C=O) groups is 1. The van der Waals surface area contributed by atoms with Crippen LogP contribution in [-0.4, -0.2) is 33.6 Å². The molecule has 0 aliphatic rings. The standard InChI is InChI=1S/C10H18N4O2/c1-7(2)8(3)16-10(15)9-6-14(5-4-11)13-12-9/h6-8H,4-5,11H2,1-3H3. The van der Waals surface area contributed by atoms with E-state index < -0.39 is 5.97 Å². The van der Waals surface area contributed by atoms with Crippen LogP contribution < -0.4 is 5.73 Å². The first kappa shape index (κ1) is 12.6. The van der Waals surface area contributed by atoms with Crippen LogP contribution in [0.4, 0.5) is 0 Å². The first-order valence-electron chi connectivity index (χ1n) is 5.35. The van der Waals surface area contributed by atoms with Crippen molar-refractivity contribution in [2.45, 2.75) is 33.4 Å². The van der Waals surface area contributed by atoms with Crippen LogP contribution in [0.3, 0.4) is 0 Å². The highest BCUT2D eigenvalue weighted by atomic mass is 16.5. The Morgan fingerprint density at radius 2 is 2.25 bits per heavy atom. The summed E-state index contributed by atoms with van der Waals surface area (Å²) in [6.45, 7) is 6.83. The fourth-order valence-corrected chi connectivity index (χ4v) is 0.999. The van der Waals surface area contributed by atoms with Crippen molar-refractivity contribution in [3.63, 3.8) is 0 Å². The van der Waals surface area contributed by atoms with Gasteiger partial charge in [-0.3, -0.25) is 4.68 Å². The lowest BCUT2D eigenvalue weighted by Gasteiger charge is -2.15. The average Bonchev–Trinajstić information content (AvgIpc) is 2.66.